The summed E-state index contributed by atoms with van der Waals surface area (Å²) in [4.78, 5) is 68.3. The van der Waals surface area contributed by atoms with Gasteiger partial charge in [-0.3, -0.25) is 14.4 Å². The van der Waals surface area contributed by atoms with Crippen LogP contribution in [0.3, 0.4) is 0 Å². The number of imidazole rings is 2. The third kappa shape index (κ3) is 13.7. The summed E-state index contributed by atoms with van der Waals surface area (Å²) in [7, 11) is 6.37. The number of ether oxygens (including phenoxy) is 2. The van der Waals surface area contributed by atoms with E-state index in [1.54, 1.807) is 49.1 Å². The first-order valence-electron chi connectivity index (χ1n) is 20.8. The van der Waals surface area contributed by atoms with E-state index in [4.69, 9.17) is 10.5 Å². The molecule has 0 aliphatic carbocycles. The number of carbonyl (C=O) groups is 5. The number of nitrogens with one attached hydrogen (secondary N) is 2. The van der Waals surface area contributed by atoms with Crippen LogP contribution in [-0.2, 0) is 57.2 Å². The molecule has 2 aromatic heterocycles. The first-order chi connectivity index (χ1) is 31.0. The van der Waals surface area contributed by atoms with Gasteiger partial charge in [-0.05, 0) is 80.3 Å². The average molecular weight is 882 g/mol. The maximum Gasteiger partial charge on any atom is 0.328 e. The monoisotopic (exact) mass is 881 g/mol. The Balaban J connectivity index is 0.000000192. The van der Waals surface area contributed by atoms with Crippen molar-refractivity contribution in [2.75, 3.05) is 14.2 Å². The molecular weight excluding hydrogens is 827 g/mol. The number of aliphatic carboxylic acids is 1. The highest BCUT2D eigenvalue weighted by Crippen LogP contribution is 2.17. The molecule has 0 aliphatic rings. The van der Waals surface area contributed by atoms with Gasteiger partial charge in [0.2, 0.25) is 0 Å². The van der Waals surface area contributed by atoms with Crippen LogP contribution in [-0.4, -0.2) is 86.3 Å². The van der Waals surface area contributed by atoms with Gasteiger partial charge < -0.3 is 40.1 Å². The van der Waals surface area contributed by atoms with E-state index in [0.717, 1.165) is 49.9 Å². The number of carbonyl (C=O) groups excluding carboxylic acids is 4. The van der Waals surface area contributed by atoms with Gasteiger partial charge in [0.15, 0.2) is 0 Å². The molecule has 5 aromatic carbocycles. The van der Waals surface area contributed by atoms with Crippen molar-refractivity contribution in [3.8, 4) is 0 Å². The molecular formula is C50H55N7O8. The standard InChI is InChI=1S/C20H21N3O3.C19H19N3O3.C11H15NO2/c1-13-4-6-14(7-5-13)10-17(20(25)26-3)22-19(24)15-8-9-16-18(11-15)23(2)12-21-16;1-12-3-5-13(6-4-12)9-16(19(24)25)21-18(23)14-7-8-15-17(10-14)22(2)11-20-15;1-8-3-5-9(6-4-8)7-10(12)11(13)14-2/h4-9,11-12,17H,10H2,1-3H3,(H,22,24);3-8,10-11,16H,9H2,1-2H3,(H,21,23)(H,24,25);3-6,10H,7,12H2,1-2H3. The zero-order valence-corrected chi connectivity index (χ0v) is 37.6. The predicted molar refractivity (Wildman–Crippen MR) is 248 cm³/mol. The predicted octanol–water partition coefficient (Wildman–Crippen LogP) is 5.74. The van der Waals surface area contributed by atoms with E-state index in [-0.39, 0.29) is 18.3 Å². The van der Waals surface area contributed by atoms with Crippen LogP contribution in [0.5, 0.6) is 0 Å². The SMILES string of the molecule is COC(=O)C(Cc1ccc(C)cc1)NC(=O)c1ccc2ncn(C)c2c1.COC(=O)C(N)Cc1ccc(C)cc1.Cc1ccc(CC(NC(=O)c2ccc3ncn(C)c3c2)C(=O)O)cc1. The van der Waals surface area contributed by atoms with Gasteiger partial charge in [0.1, 0.15) is 18.1 Å². The Labute approximate surface area is 377 Å². The Kier molecular flexibility index (Phi) is 16.8. The topological polar surface area (TPSA) is 210 Å². The van der Waals surface area contributed by atoms with Crippen LogP contribution in [0.1, 0.15) is 54.1 Å². The molecule has 3 atom stereocenters. The highest BCUT2D eigenvalue weighted by molar-refractivity contribution is 6.00. The van der Waals surface area contributed by atoms with Gasteiger partial charge in [-0.15, -0.1) is 0 Å². The molecule has 65 heavy (non-hydrogen) atoms. The fourth-order valence-electron chi connectivity index (χ4n) is 6.69. The van der Waals surface area contributed by atoms with Crippen LogP contribution < -0.4 is 16.4 Å². The first-order valence-corrected chi connectivity index (χ1v) is 20.8. The summed E-state index contributed by atoms with van der Waals surface area (Å²) >= 11 is 0. The number of rotatable bonds is 13. The summed E-state index contributed by atoms with van der Waals surface area (Å²) in [6, 6.07) is 31.4. The van der Waals surface area contributed by atoms with Crippen molar-refractivity contribution in [2.24, 2.45) is 19.8 Å². The van der Waals surface area contributed by atoms with Gasteiger partial charge in [-0.25, -0.2) is 19.6 Å². The van der Waals surface area contributed by atoms with Crippen molar-refractivity contribution in [3.63, 3.8) is 0 Å². The van der Waals surface area contributed by atoms with Gasteiger partial charge in [0, 0.05) is 38.1 Å². The Morgan fingerprint density at radius 1 is 0.569 bits per heavy atom. The fraction of sp³-hybridized carbons (Fsp3) is 0.260. The van der Waals surface area contributed by atoms with Gasteiger partial charge in [0.05, 0.1) is 48.9 Å². The number of hydrogen-bond donors (Lipinski definition) is 4. The van der Waals surface area contributed by atoms with Gasteiger partial charge in [-0.2, -0.15) is 0 Å². The van der Waals surface area contributed by atoms with Crippen molar-refractivity contribution in [2.45, 2.75) is 58.2 Å². The lowest BCUT2D eigenvalue weighted by Crippen LogP contribution is -2.43. The van der Waals surface area contributed by atoms with E-state index in [1.807, 2.05) is 117 Å². The number of methoxy groups -OCH3 is 2. The van der Waals surface area contributed by atoms with Crippen molar-refractivity contribution in [1.82, 2.24) is 29.7 Å². The number of amides is 2. The van der Waals surface area contributed by atoms with E-state index in [9.17, 15) is 29.1 Å². The normalized spacial score (nSPS) is 12.1. The quantitative estimate of drug-likeness (QED) is 0.103. The average Bonchev–Trinajstić information content (AvgIpc) is 3.88. The highest BCUT2D eigenvalue weighted by atomic mass is 16.5. The van der Waals surface area contributed by atoms with Crippen molar-refractivity contribution in [3.05, 3.63) is 166 Å². The molecule has 7 aromatic rings. The third-order valence-electron chi connectivity index (χ3n) is 10.6. The fourth-order valence-corrected chi connectivity index (χ4v) is 6.69. The molecule has 0 radical (unpaired) electrons. The molecule has 0 aliphatic heterocycles. The second kappa shape index (κ2) is 22.6. The number of carboxylic acids is 1. The summed E-state index contributed by atoms with van der Waals surface area (Å²) in [6.45, 7) is 5.98. The zero-order valence-electron chi connectivity index (χ0n) is 37.6. The van der Waals surface area contributed by atoms with Crippen LogP contribution in [0.2, 0.25) is 0 Å². The minimum absolute atomic E-state index is 0.231. The lowest BCUT2D eigenvalue weighted by molar-refractivity contribution is -0.143. The van der Waals surface area contributed by atoms with E-state index in [2.05, 4.69) is 25.3 Å². The minimum Gasteiger partial charge on any atom is -0.480 e. The number of aryl methyl sites for hydroxylation is 5. The number of nitrogens with two attached hydrogens (primary N) is 1. The van der Waals surface area contributed by atoms with Gasteiger partial charge >= 0.3 is 17.9 Å². The van der Waals surface area contributed by atoms with Crippen LogP contribution in [0.25, 0.3) is 22.1 Å². The van der Waals surface area contributed by atoms with Gasteiger partial charge in [0.25, 0.3) is 11.8 Å². The number of hydrogen-bond acceptors (Lipinski definition) is 10. The molecule has 0 spiro atoms. The molecule has 2 heterocycles. The van der Waals surface area contributed by atoms with Crippen LogP contribution in [0.4, 0.5) is 0 Å². The highest BCUT2D eigenvalue weighted by Gasteiger charge is 2.24. The Hall–Kier alpha value is -7.65. The molecule has 7 rings (SSSR count). The molecule has 5 N–H and O–H groups in total. The summed E-state index contributed by atoms with van der Waals surface area (Å²) in [5, 5.41) is 14.8. The second-order valence-corrected chi connectivity index (χ2v) is 15.7. The maximum absolute atomic E-state index is 12.6. The molecule has 0 bridgehead atoms. The second-order valence-electron chi connectivity index (χ2n) is 15.7. The van der Waals surface area contributed by atoms with E-state index in [0.29, 0.717) is 24.0 Å². The first kappa shape index (κ1) is 48.4. The van der Waals surface area contributed by atoms with Gasteiger partial charge in [-0.1, -0.05) is 89.5 Å². The molecule has 338 valence electrons. The molecule has 15 heteroatoms. The number of benzene rings is 5. The van der Waals surface area contributed by atoms with E-state index in [1.165, 1.54) is 19.8 Å². The summed E-state index contributed by atoms with van der Waals surface area (Å²) < 4.78 is 13.1. The third-order valence-corrected chi connectivity index (χ3v) is 10.6. The molecule has 0 saturated carbocycles. The summed E-state index contributed by atoms with van der Waals surface area (Å²) in [5.74, 6) is -2.64. The number of aromatic nitrogens is 4. The molecule has 2 amide bonds. The summed E-state index contributed by atoms with van der Waals surface area (Å²) in [5.41, 5.74) is 16.1. The lowest BCUT2D eigenvalue weighted by atomic mass is 10.0. The Bertz CT molecular complexity index is 2740. The molecule has 15 nitrogen and oxygen atoms in total. The molecule has 0 saturated heterocycles. The smallest absolute Gasteiger partial charge is 0.328 e. The number of carboxylic acid groups (broad SMARTS) is 1. The summed E-state index contributed by atoms with van der Waals surface area (Å²) in [6.07, 6.45) is 4.49. The number of esters is 2. The van der Waals surface area contributed by atoms with Crippen molar-refractivity contribution < 1.29 is 38.6 Å². The van der Waals surface area contributed by atoms with Crippen molar-refractivity contribution in [1.29, 1.82) is 0 Å². The van der Waals surface area contributed by atoms with Crippen LogP contribution in [0, 0.1) is 20.8 Å². The Morgan fingerprint density at radius 2 is 0.938 bits per heavy atom. The van der Waals surface area contributed by atoms with Crippen LogP contribution >= 0.6 is 0 Å². The number of fused-ring (bicyclic) bond motifs is 2. The number of nitrogens with zero attached hydrogens (tertiary/aromatic N) is 4. The molecule has 3 unspecified atom stereocenters. The minimum atomic E-state index is -1.06. The molecule has 0 fully saturated rings. The largest absolute Gasteiger partial charge is 0.480 e. The van der Waals surface area contributed by atoms with Crippen LogP contribution in [0.15, 0.2) is 122 Å². The Morgan fingerprint density at radius 3 is 1.32 bits per heavy atom. The van der Waals surface area contributed by atoms with Crippen molar-refractivity contribution >= 4 is 51.8 Å². The van der Waals surface area contributed by atoms with E-state index >= 15 is 0 Å². The lowest BCUT2D eigenvalue weighted by Gasteiger charge is -2.17. The maximum atomic E-state index is 12.6. The zero-order chi connectivity index (χ0) is 47.2. The van der Waals surface area contributed by atoms with E-state index < -0.39 is 36.0 Å².